The normalized spacial score (nSPS) is 20.5. The number of piperidine rings is 1. The Bertz CT molecular complexity index is 1700. The van der Waals surface area contributed by atoms with Gasteiger partial charge < -0.3 is 29.0 Å². The highest BCUT2D eigenvalue weighted by Crippen LogP contribution is 2.29. The first-order valence-corrected chi connectivity index (χ1v) is 15.2. The SMILES string of the molecule is N#Cc1cc(-c2ncnc(Nc3ccc(N4CCN(C5COC5)CC4)cc3)n2)ccc1O[C@H]1CCN(C(=O)c2cnco2)C[C@@H]1F. The maximum Gasteiger partial charge on any atom is 0.291 e. The Kier molecular flexibility index (Phi) is 8.41. The zero-order chi connectivity index (χ0) is 31.5. The molecule has 3 saturated heterocycles. The van der Waals surface area contributed by atoms with Crippen molar-refractivity contribution in [2.24, 2.45) is 0 Å². The van der Waals surface area contributed by atoms with Crippen LogP contribution in [-0.2, 0) is 4.74 Å². The van der Waals surface area contributed by atoms with Crippen LogP contribution in [0.5, 0.6) is 5.75 Å². The highest BCUT2D eigenvalue weighted by Gasteiger charge is 2.35. The van der Waals surface area contributed by atoms with E-state index in [9.17, 15) is 10.1 Å². The molecule has 3 aliphatic rings. The van der Waals surface area contributed by atoms with E-state index in [0.29, 0.717) is 23.4 Å². The van der Waals surface area contributed by atoms with E-state index in [2.05, 4.69) is 53.3 Å². The Morgan fingerprint density at radius 3 is 2.59 bits per heavy atom. The summed E-state index contributed by atoms with van der Waals surface area (Å²) in [6.07, 6.45) is 1.86. The summed E-state index contributed by atoms with van der Waals surface area (Å²) < 4.78 is 31.4. The van der Waals surface area contributed by atoms with Crippen LogP contribution in [0.1, 0.15) is 22.5 Å². The number of alkyl halides is 1. The Morgan fingerprint density at radius 1 is 1.07 bits per heavy atom. The van der Waals surface area contributed by atoms with E-state index in [4.69, 9.17) is 13.9 Å². The fourth-order valence-electron chi connectivity index (χ4n) is 5.86. The van der Waals surface area contributed by atoms with Crippen LogP contribution in [0.25, 0.3) is 11.4 Å². The van der Waals surface area contributed by atoms with E-state index in [1.165, 1.54) is 23.1 Å². The number of nitrogens with one attached hydrogen (secondary N) is 1. The van der Waals surface area contributed by atoms with Gasteiger partial charge in [0.2, 0.25) is 11.7 Å². The highest BCUT2D eigenvalue weighted by atomic mass is 19.1. The maximum atomic E-state index is 15.1. The smallest absolute Gasteiger partial charge is 0.291 e. The Labute approximate surface area is 264 Å². The van der Waals surface area contributed by atoms with Crippen LogP contribution >= 0.6 is 0 Å². The quantitative estimate of drug-likeness (QED) is 0.307. The second-order valence-corrected chi connectivity index (χ2v) is 11.4. The summed E-state index contributed by atoms with van der Waals surface area (Å²) in [6, 6.07) is 15.8. The fourth-order valence-corrected chi connectivity index (χ4v) is 5.86. The molecule has 1 amide bonds. The minimum atomic E-state index is -1.45. The third-order valence-electron chi connectivity index (χ3n) is 8.56. The molecular formula is C32H32FN9O4. The van der Waals surface area contributed by atoms with Crippen LogP contribution in [-0.4, -0.2) is 106 Å². The number of rotatable bonds is 8. The molecule has 0 saturated carbocycles. The van der Waals surface area contributed by atoms with Crippen molar-refractivity contribution in [3.8, 4) is 23.2 Å². The van der Waals surface area contributed by atoms with Gasteiger partial charge in [-0.3, -0.25) is 9.69 Å². The second-order valence-electron chi connectivity index (χ2n) is 11.4. The van der Waals surface area contributed by atoms with Crippen molar-refractivity contribution in [2.75, 3.05) is 62.7 Å². The summed E-state index contributed by atoms with van der Waals surface area (Å²) in [6.45, 7) is 5.84. The molecule has 3 aliphatic heterocycles. The van der Waals surface area contributed by atoms with Gasteiger partial charge in [0.1, 0.15) is 24.3 Å². The van der Waals surface area contributed by atoms with Gasteiger partial charge in [-0.2, -0.15) is 10.2 Å². The van der Waals surface area contributed by atoms with Crippen molar-refractivity contribution >= 4 is 23.2 Å². The first kappa shape index (κ1) is 29.6. The number of oxazole rings is 1. The number of hydrogen-bond donors (Lipinski definition) is 1. The van der Waals surface area contributed by atoms with E-state index >= 15 is 4.39 Å². The van der Waals surface area contributed by atoms with Gasteiger partial charge in [-0.1, -0.05) is 0 Å². The number of anilines is 3. The van der Waals surface area contributed by atoms with Crippen molar-refractivity contribution in [2.45, 2.75) is 24.7 Å². The lowest BCUT2D eigenvalue weighted by Gasteiger charge is -2.43. The Hall–Kier alpha value is -5.13. The number of piperazine rings is 1. The van der Waals surface area contributed by atoms with Gasteiger partial charge in [-0.25, -0.2) is 19.3 Å². The number of aromatic nitrogens is 4. The molecule has 0 aliphatic carbocycles. The van der Waals surface area contributed by atoms with Gasteiger partial charge in [-0.15, -0.1) is 0 Å². The summed E-state index contributed by atoms with van der Waals surface area (Å²) in [4.78, 5) is 35.6. The number of carbonyl (C=O) groups excluding carboxylic acids is 1. The number of nitriles is 1. The second kappa shape index (κ2) is 13.1. The van der Waals surface area contributed by atoms with E-state index in [1.807, 2.05) is 12.1 Å². The van der Waals surface area contributed by atoms with Gasteiger partial charge in [0, 0.05) is 56.1 Å². The molecule has 14 heteroatoms. The molecule has 0 bridgehead atoms. The van der Waals surface area contributed by atoms with Crippen LogP contribution in [0, 0.1) is 11.3 Å². The molecule has 0 unspecified atom stereocenters. The van der Waals surface area contributed by atoms with Gasteiger partial charge in [0.05, 0.1) is 37.6 Å². The Balaban J connectivity index is 0.968. The number of likely N-dealkylation sites (tertiary alicyclic amines) is 1. The van der Waals surface area contributed by atoms with Crippen LogP contribution in [0.15, 0.2) is 65.8 Å². The van der Waals surface area contributed by atoms with Gasteiger partial charge in [0.15, 0.2) is 18.4 Å². The zero-order valence-corrected chi connectivity index (χ0v) is 25.0. The standard InChI is InChI=1S/C32H32FN9O4/c33-26-16-42(31(43)29-15-35-20-45-29)8-7-28(26)46-27-6-1-21(13-22(27)14-34)30-36-19-37-32(39-30)38-23-2-4-24(5-3-23)40-9-11-41(12-10-40)25-17-44-18-25/h1-6,13,15,19-20,25-26,28H,7-12,16-18H2,(H,36,37,38,39)/t26-,28-/m0/s1. The average Bonchev–Trinajstić information content (AvgIpc) is 3.61. The monoisotopic (exact) mass is 625 g/mol. The highest BCUT2D eigenvalue weighted by molar-refractivity contribution is 5.91. The largest absolute Gasteiger partial charge is 0.486 e. The van der Waals surface area contributed by atoms with E-state index in [1.54, 1.807) is 18.2 Å². The van der Waals surface area contributed by atoms with Gasteiger partial charge in [-0.05, 0) is 42.5 Å². The van der Waals surface area contributed by atoms with E-state index < -0.39 is 18.2 Å². The average molecular weight is 626 g/mol. The summed E-state index contributed by atoms with van der Waals surface area (Å²) in [5.74, 6) is 0.617. The lowest BCUT2D eigenvalue weighted by Crippen LogP contribution is -2.56. The van der Waals surface area contributed by atoms with Crippen LogP contribution in [0.4, 0.5) is 21.7 Å². The number of amides is 1. The predicted molar refractivity (Wildman–Crippen MR) is 164 cm³/mol. The zero-order valence-electron chi connectivity index (χ0n) is 25.0. The summed E-state index contributed by atoms with van der Waals surface area (Å²) in [7, 11) is 0. The molecule has 0 radical (unpaired) electrons. The van der Waals surface area contributed by atoms with E-state index in [0.717, 1.165) is 51.5 Å². The first-order chi connectivity index (χ1) is 22.5. The van der Waals surface area contributed by atoms with Crippen molar-refractivity contribution < 1.29 is 23.1 Å². The molecule has 236 valence electrons. The first-order valence-electron chi connectivity index (χ1n) is 15.2. The molecule has 7 rings (SSSR count). The number of halogens is 1. The number of nitrogens with zero attached hydrogens (tertiary/aromatic N) is 8. The number of hydrogen-bond acceptors (Lipinski definition) is 12. The van der Waals surface area contributed by atoms with Crippen LogP contribution in [0.2, 0.25) is 0 Å². The summed E-state index contributed by atoms with van der Waals surface area (Å²) >= 11 is 0. The molecule has 46 heavy (non-hydrogen) atoms. The molecule has 1 N–H and O–H groups in total. The molecule has 2 atom stereocenters. The summed E-state index contributed by atoms with van der Waals surface area (Å²) in [5.41, 5.74) is 2.81. The van der Waals surface area contributed by atoms with Crippen molar-refractivity contribution in [1.82, 2.24) is 29.7 Å². The molecule has 0 spiro atoms. The molecular weight excluding hydrogens is 593 g/mol. The third-order valence-corrected chi connectivity index (χ3v) is 8.56. The topological polar surface area (TPSA) is 146 Å². The lowest BCUT2D eigenvalue weighted by molar-refractivity contribution is -0.0660. The van der Waals surface area contributed by atoms with Crippen molar-refractivity contribution in [3.05, 3.63) is 72.7 Å². The third kappa shape index (κ3) is 6.33. The number of ether oxygens (including phenoxy) is 2. The lowest BCUT2D eigenvalue weighted by atomic mass is 10.0. The van der Waals surface area contributed by atoms with Crippen molar-refractivity contribution in [3.63, 3.8) is 0 Å². The van der Waals surface area contributed by atoms with Crippen LogP contribution < -0.4 is 15.0 Å². The van der Waals surface area contributed by atoms with Gasteiger partial charge >= 0.3 is 0 Å². The number of benzene rings is 2. The number of carbonyl (C=O) groups is 1. The van der Waals surface area contributed by atoms with Gasteiger partial charge in [0.25, 0.3) is 5.91 Å². The molecule has 2 aromatic heterocycles. The molecule has 13 nitrogen and oxygen atoms in total. The Morgan fingerprint density at radius 2 is 1.89 bits per heavy atom. The minimum Gasteiger partial charge on any atom is -0.486 e. The van der Waals surface area contributed by atoms with Crippen LogP contribution in [0.3, 0.4) is 0 Å². The maximum absolute atomic E-state index is 15.1. The van der Waals surface area contributed by atoms with E-state index in [-0.39, 0.29) is 36.6 Å². The summed E-state index contributed by atoms with van der Waals surface area (Å²) in [5, 5.41) is 13.1. The van der Waals surface area contributed by atoms with Crippen molar-refractivity contribution in [1.29, 1.82) is 5.26 Å². The molecule has 5 heterocycles. The molecule has 3 fully saturated rings. The molecule has 4 aromatic rings. The molecule has 2 aromatic carbocycles. The fraction of sp³-hybridized carbons (Fsp3) is 0.375. The predicted octanol–water partition coefficient (Wildman–Crippen LogP) is 3.29. The minimum absolute atomic E-state index is 0.0589.